The highest BCUT2D eigenvalue weighted by Gasteiger charge is 2.32. The molecule has 0 N–H and O–H groups in total. The van der Waals surface area contributed by atoms with Crippen LogP contribution >= 0.6 is 34.9 Å². The number of benzene rings is 1. The number of rotatable bonds is 2. The van der Waals surface area contributed by atoms with E-state index in [4.69, 9.17) is 0 Å². The van der Waals surface area contributed by atoms with Crippen LogP contribution in [0.4, 0.5) is 0 Å². The normalized spacial score (nSPS) is 18.1. The third-order valence-electron chi connectivity index (χ3n) is 3.64. The number of aryl methyl sites for hydroxylation is 1. The molecule has 3 heterocycles. The van der Waals surface area contributed by atoms with Crippen LogP contribution in [0.25, 0.3) is 15.8 Å². The van der Waals surface area contributed by atoms with Crippen LogP contribution in [0, 0.1) is 6.92 Å². The van der Waals surface area contributed by atoms with Gasteiger partial charge >= 0.3 is 0 Å². The predicted molar refractivity (Wildman–Crippen MR) is 93.6 cm³/mol. The molecule has 102 valence electrons. The molecule has 0 saturated carbocycles. The second-order valence-corrected chi connectivity index (χ2v) is 7.86. The minimum absolute atomic E-state index is 0.924. The molecule has 0 saturated heterocycles. The minimum atomic E-state index is 0.924. The molecule has 2 aliphatic rings. The van der Waals surface area contributed by atoms with Crippen molar-refractivity contribution in [2.45, 2.75) is 6.92 Å². The van der Waals surface area contributed by atoms with Gasteiger partial charge in [0.25, 0.3) is 0 Å². The monoisotopic (exact) mass is 318 g/mol. The first kappa shape index (κ1) is 12.8. The SMILES string of the molecule is CSC1=C(c2cc(C)c3sccc3c2)N2CCN=C2S1. The lowest BCUT2D eigenvalue weighted by Crippen LogP contribution is -2.20. The molecule has 0 bridgehead atoms. The van der Waals surface area contributed by atoms with Gasteiger partial charge in [0.2, 0.25) is 0 Å². The zero-order chi connectivity index (χ0) is 13.7. The standard InChI is InChI=1S/C15H14N2S3/c1-9-7-11(8-10-3-6-19-13(9)10)12-14(18-2)20-15-16-4-5-17(12)15/h3,6-8H,4-5H2,1-2H3. The van der Waals surface area contributed by atoms with Crippen LogP contribution in [0.1, 0.15) is 11.1 Å². The first-order valence-electron chi connectivity index (χ1n) is 6.54. The average molecular weight is 318 g/mol. The van der Waals surface area contributed by atoms with E-state index in [-0.39, 0.29) is 0 Å². The van der Waals surface area contributed by atoms with Crippen molar-refractivity contribution >= 4 is 55.8 Å². The van der Waals surface area contributed by atoms with E-state index in [1.807, 2.05) is 34.9 Å². The van der Waals surface area contributed by atoms with Crippen molar-refractivity contribution in [1.29, 1.82) is 0 Å². The Kier molecular flexibility index (Phi) is 3.09. The topological polar surface area (TPSA) is 15.6 Å². The minimum Gasteiger partial charge on any atom is -0.317 e. The summed E-state index contributed by atoms with van der Waals surface area (Å²) in [4.78, 5) is 6.98. The molecule has 0 spiro atoms. The van der Waals surface area contributed by atoms with Crippen LogP contribution < -0.4 is 0 Å². The lowest BCUT2D eigenvalue weighted by Gasteiger charge is -2.17. The first-order chi connectivity index (χ1) is 9.78. The van der Waals surface area contributed by atoms with E-state index in [9.17, 15) is 0 Å². The number of hydrogen-bond acceptors (Lipinski definition) is 5. The first-order valence-corrected chi connectivity index (χ1v) is 9.46. The van der Waals surface area contributed by atoms with E-state index in [0.29, 0.717) is 0 Å². The van der Waals surface area contributed by atoms with E-state index >= 15 is 0 Å². The highest BCUT2D eigenvalue weighted by atomic mass is 32.2. The van der Waals surface area contributed by atoms with Gasteiger partial charge in [-0.25, -0.2) is 0 Å². The summed E-state index contributed by atoms with van der Waals surface area (Å²) in [6.07, 6.45) is 2.15. The molecule has 0 atom stereocenters. The van der Waals surface area contributed by atoms with E-state index in [1.165, 1.54) is 36.3 Å². The van der Waals surface area contributed by atoms with Gasteiger partial charge in [-0.1, -0.05) is 0 Å². The zero-order valence-electron chi connectivity index (χ0n) is 11.3. The molecule has 0 amide bonds. The fraction of sp³-hybridized carbons (Fsp3) is 0.267. The Morgan fingerprint density at radius 3 is 3.10 bits per heavy atom. The number of fused-ring (bicyclic) bond motifs is 2. The number of hydrogen-bond donors (Lipinski definition) is 0. The van der Waals surface area contributed by atoms with E-state index in [1.54, 1.807) is 0 Å². The van der Waals surface area contributed by atoms with Gasteiger partial charge in [-0.2, -0.15) is 0 Å². The molecule has 2 nitrogen and oxygen atoms in total. The number of thioether (sulfide) groups is 2. The van der Waals surface area contributed by atoms with Gasteiger partial charge in [-0.15, -0.1) is 23.1 Å². The summed E-state index contributed by atoms with van der Waals surface area (Å²) in [5, 5.41) is 4.71. The van der Waals surface area contributed by atoms with Gasteiger partial charge in [0.1, 0.15) is 0 Å². The maximum absolute atomic E-state index is 4.60. The second-order valence-electron chi connectivity index (χ2n) is 4.89. The molecule has 1 aromatic heterocycles. The largest absolute Gasteiger partial charge is 0.317 e. The lowest BCUT2D eigenvalue weighted by molar-refractivity contribution is 0.649. The zero-order valence-corrected chi connectivity index (χ0v) is 13.8. The third kappa shape index (κ3) is 1.84. The van der Waals surface area contributed by atoms with Crippen LogP contribution in [-0.4, -0.2) is 29.4 Å². The van der Waals surface area contributed by atoms with E-state index in [2.05, 4.69) is 46.7 Å². The van der Waals surface area contributed by atoms with Crippen LogP contribution in [-0.2, 0) is 0 Å². The Labute approximate surface area is 131 Å². The Hall–Kier alpha value is -0.910. The van der Waals surface area contributed by atoms with Crippen molar-refractivity contribution in [2.24, 2.45) is 4.99 Å². The van der Waals surface area contributed by atoms with Crippen LogP contribution in [0.2, 0.25) is 0 Å². The summed E-state index contributed by atoms with van der Waals surface area (Å²) >= 11 is 5.47. The maximum Gasteiger partial charge on any atom is 0.169 e. The number of aliphatic imine (C=N–C) groups is 1. The van der Waals surface area contributed by atoms with Crippen LogP contribution in [0.15, 0.2) is 32.8 Å². The lowest BCUT2D eigenvalue weighted by atomic mass is 10.1. The molecular weight excluding hydrogens is 304 g/mol. The molecule has 0 fully saturated rings. The van der Waals surface area contributed by atoms with Gasteiger partial charge in [-0.05, 0) is 59.5 Å². The molecule has 0 unspecified atom stereocenters. The summed E-state index contributed by atoms with van der Waals surface area (Å²) in [6, 6.07) is 6.87. The Morgan fingerprint density at radius 1 is 1.35 bits per heavy atom. The van der Waals surface area contributed by atoms with Crippen molar-refractivity contribution in [2.75, 3.05) is 19.3 Å². The number of nitrogens with zero attached hydrogens (tertiary/aromatic N) is 2. The number of thiophene rings is 1. The van der Waals surface area contributed by atoms with Gasteiger partial charge < -0.3 is 4.90 Å². The molecule has 0 radical (unpaired) electrons. The van der Waals surface area contributed by atoms with Crippen molar-refractivity contribution in [3.63, 3.8) is 0 Å². The quantitative estimate of drug-likeness (QED) is 0.803. The predicted octanol–water partition coefficient (Wildman–Crippen LogP) is 4.62. The summed E-state index contributed by atoms with van der Waals surface area (Å²) < 4.78 is 2.78. The Balaban J connectivity index is 1.90. The van der Waals surface area contributed by atoms with Gasteiger partial charge in [0.05, 0.1) is 16.5 Å². The highest BCUT2D eigenvalue weighted by molar-refractivity contribution is 8.30. The van der Waals surface area contributed by atoms with Crippen molar-refractivity contribution in [3.05, 3.63) is 38.9 Å². The van der Waals surface area contributed by atoms with E-state index < -0.39 is 0 Å². The molecule has 20 heavy (non-hydrogen) atoms. The molecule has 1 aromatic carbocycles. The summed E-state index contributed by atoms with van der Waals surface area (Å²) in [5.41, 5.74) is 4.06. The van der Waals surface area contributed by atoms with Crippen molar-refractivity contribution in [1.82, 2.24) is 4.90 Å². The summed E-state index contributed by atoms with van der Waals surface area (Å²) in [7, 11) is 0. The molecule has 0 aliphatic carbocycles. The van der Waals surface area contributed by atoms with Crippen LogP contribution in [0.3, 0.4) is 0 Å². The third-order valence-corrected chi connectivity index (χ3v) is 6.93. The molecule has 5 heteroatoms. The summed E-state index contributed by atoms with van der Waals surface area (Å²) in [5.74, 6) is 0. The van der Waals surface area contributed by atoms with Gasteiger partial charge in [0, 0.05) is 16.8 Å². The molecule has 2 aromatic rings. The Morgan fingerprint density at radius 2 is 2.25 bits per heavy atom. The molecular formula is C15H14N2S3. The smallest absolute Gasteiger partial charge is 0.169 e. The van der Waals surface area contributed by atoms with Crippen LogP contribution in [0.5, 0.6) is 0 Å². The molecule has 4 rings (SSSR count). The van der Waals surface area contributed by atoms with Gasteiger partial charge in [-0.3, -0.25) is 4.99 Å². The fourth-order valence-corrected chi connectivity index (χ4v) is 5.55. The number of amidine groups is 1. The maximum atomic E-state index is 4.60. The Bertz CT molecular complexity index is 758. The highest BCUT2D eigenvalue weighted by Crippen LogP contribution is 2.46. The average Bonchev–Trinajstić information content (AvgIpc) is 3.12. The van der Waals surface area contributed by atoms with Crippen molar-refractivity contribution in [3.8, 4) is 0 Å². The second kappa shape index (κ2) is 4.83. The molecule has 2 aliphatic heterocycles. The van der Waals surface area contributed by atoms with Gasteiger partial charge in [0.15, 0.2) is 5.17 Å². The van der Waals surface area contributed by atoms with Crippen molar-refractivity contribution < 1.29 is 0 Å². The van der Waals surface area contributed by atoms with E-state index in [0.717, 1.165) is 13.1 Å². The fourth-order valence-electron chi connectivity index (χ4n) is 2.77. The summed E-state index contributed by atoms with van der Waals surface area (Å²) in [6.45, 7) is 4.15.